The number of aromatic hydroxyl groups is 1. The standard InChI is InChI=1S/C19H30O3/c1-2-3-4-5-6-7-8-9-10-11-12-16-13-14-17(20)15-18(16)19(21)22/h13-15,20H,2-12H2,1H3,(H,21,22). The summed E-state index contributed by atoms with van der Waals surface area (Å²) in [6.45, 7) is 2.24. The molecule has 0 aliphatic heterocycles. The topological polar surface area (TPSA) is 57.5 Å². The Labute approximate surface area is 134 Å². The van der Waals surface area contributed by atoms with Gasteiger partial charge in [0.25, 0.3) is 0 Å². The van der Waals surface area contributed by atoms with Crippen molar-refractivity contribution in [1.29, 1.82) is 0 Å². The molecule has 3 nitrogen and oxygen atoms in total. The molecule has 0 aliphatic carbocycles. The van der Waals surface area contributed by atoms with Crippen LogP contribution in [0.25, 0.3) is 0 Å². The number of aryl methyl sites for hydroxylation is 1. The summed E-state index contributed by atoms with van der Waals surface area (Å²) >= 11 is 0. The fourth-order valence-corrected chi connectivity index (χ4v) is 2.78. The number of carbonyl (C=O) groups is 1. The first-order valence-electron chi connectivity index (χ1n) is 8.70. The van der Waals surface area contributed by atoms with Gasteiger partial charge in [0.1, 0.15) is 5.75 Å². The van der Waals surface area contributed by atoms with E-state index in [9.17, 15) is 9.90 Å². The number of hydrogen-bond donors (Lipinski definition) is 2. The monoisotopic (exact) mass is 306 g/mol. The third-order valence-electron chi connectivity index (χ3n) is 4.12. The molecule has 0 saturated carbocycles. The fourth-order valence-electron chi connectivity index (χ4n) is 2.78. The van der Waals surface area contributed by atoms with Crippen LogP contribution in [0, 0.1) is 0 Å². The Bertz CT molecular complexity index is 440. The van der Waals surface area contributed by atoms with E-state index in [-0.39, 0.29) is 11.3 Å². The maximum atomic E-state index is 11.1. The van der Waals surface area contributed by atoms with E-state index in [1.54, 1.807) is 12.1 Å². The lowest BCUT2D eigenvalue weighted by Gasteiger charge is -2.07. The van der Waals surface area contributed by atoms with Gasteiger partial charge >= 0.3 is 5.97 Å². The quantitative estimate of drug-likeness (QED) is 0.497. The van der Waals surface area contributed by atoms with Gasteiger partial charge in [-0.1, -0.05) is 70.8 Å². The summed E-state index contributed by atoms with van der Waals surface area (Å²) in [7, 11) is 0. The van der Waals surface area contributed by atoms with Gasteiger partial charge in [0, 0.05) is 0 Å². The molecule has 22 heavy (non-hydrogen) atoms. The zero-order valence-electron chi connectivity index (χ0n) is 13.8. The number of benzene rings is 1. The largest absolute Gasteiger partial charge is 0.508 e. The Hall–Kier alpha value is -1.51. The number of carboxylic acid groups (broad SMARTS) is 1. The normalized spacial score (nSPS) is 10.8. The summed E-state index contributed by atoms with van der Waals surface area (Å²) in [4.78, 5) is 11.1. The van der Waals surface area contributed by atoms with Gasteiger partial charge in [-0.3, -0.25) is 0 Å². The predicted octanol–water partition coefficient (Wildman–Crippen LogP) is 5.55. The number of unbranched alkanes of at least 4 members (excludes halogenated alkanes) is 9. The first kappa shape index (κ1) is 18.5. The van der Waals surface area contributed by atoms with Gasteiger partial charge in [-0.25, -0.2) is 4.79 Å². The highest BCUT2D eigenvalue weighted by Gasteiger charge is 2.10. The molecule has 0 aromatic heterocycles. The average Bonchev–Trinajstić information content (AvgIpc) is 2.50. The molecule has 0 spiro atoms. The third kappa shape index (κ3) is 7.48. The zero-order chi connectivity index (χ0) is 16.2. The van der Waals surface area contributed by atoms with Crippen LogP contribution in [-0.2, 0) is 6.42 Å². The molecule has 0 amide bonds. The second-order valence-corrected chi connectivity index (χ2v) is 6.08. The summed E-state index contributed by atoms with van der Waals surface area (Å²) in [5.74, 6) is -0.942. The Morgan fingerprint density at radius 1 is 0.909 bits per heavy atom. The van der Waals surface area contributed by atoms with E-state index in [0.29, 0.717) is 0 Å². The fraction of sp³-hybridized carbons (Fsp3) is 0.632. The van der Waals surface area contributed by atoms with Crippen molar-refractivity contribution in [3.05, 3.63) is 29.3 Å². The van der Waals surface area contributed by atoms with Crippen LogP contribution < -0.4 is 0 Å². The molecule has 0 radical (unpaired) electrons. The number of carboxylic acids is 1. The van der Waals surface area contributed by atoms with E-state index in [0.717, 1.165) is 24.8 Å². The van der Waals surface area contributed by atoms with Gasteiger partial charge in [0.15, 0.2) is 0 Å². The maximum absolute atomic E-state index is 11.1. The number of phenols is 1. The second kappa shape index (κ2) is 11.1. The first-order chi connectivity index (χ1) is 10.6. The van der Waals surface area contributed by atoms with E-state index < -0.39 is 5.97 Å². The van der Waals surface area contributed by atoms with Crippen molar-refractivity contribution in [2.45, 2.75) is 77.6 Å². The van der Waals surface area contributed by atoms with Crippen LogP contribution in [0.1, 0.15) is 87.1 Å². The maximum Gasteiger partial charge on any atom is 0.336 e. The Kier molecular flexibility index (Phi) is 9.36. The highest BCUT2D eigenvalue weighted by Crippen LogP contribution is 2.19. The van der Waals surface area contributed by atoms with Crippen molar-refractivity contribution in [1.82, 2.24) is 0 Å². The number of aromatic carboxylic acids is 1. The molecule has 1 aromatic rings. The van der Waals surface area contributed by atoms with Crippen molar-refractivity contribution >= 4 is 5.97 Å². The van der Waals surface area contributed by atoms with Crippen LogP contribution >= 0.6 is 0 Å². The molecule has 0 atom stereocenters. The molecule has 0 unspecified atom stereocenters. The van der Waals surface area contributed by atoms with Crippen molar-refractivity contribution in [2.75, 3.05) is 0 Å². The third-order valence-corrected chi connectivity index (χ3v) is 4.12. The van der Waals surface area contributed by atoms with Gasteiger partial charge in [0.05, 0.1) is 5.56 Å². The van der Waals surface area contributed by atoms with E-state index >= 15 is 0 Å². The van der Waals surface area contributed by atoms with Crippen LogP contribution in [-0.4, -0.2) is 16.2 Å². The van der Waals surface area contributed by atoms with Gasteiger partial charge in [0.2, 0.25) is 0 Å². The highest BCUT2D eigenvalue weighted by atomic mass is 16.4. The van der Waals surface area contributed by atoms with Crippen molar-refractivity contribution < 1.29 is 15.0 Å². The molecule has 2 N–H and O–H groups in total. The molecule has 1 aromatic carbocycles. The van der Waals surface area contributed by atoms with E-state index in [1.807, 2.05) is 0 Å². The first-order valence-corrected chi connectivity index (χ1v) is 8.70. The smallest absolute Gasteiger partial charge is 0.336 e. The van der Waals surface area contributed by atoms with Crippen molar-refractivity contribution in [3.8, 4) is 5.75 Å². The van der Waals surface area contributed by atoms with Crippen molar-refractivity contribution in [2.24, 2.45) is 0 Å². The molecular weight excluding hydrogens is 276 g/mol. The average molecular weight is 306 g/mol. The van der Waals surface area contributed by atoms with Crippen LogP contribution in [0.4, 0.5) is 0 Å². The number of phenolic OH excluding ortho intramolecular Hbond substituents is 1. The van der Waals surface area contributed by atoms with E-state index in [1.165, 1.54) is 57.4 Å². The van der Waals surface area contributed by atoms with Crippen LogP contribution in [0.15, 0.2) is 18.2 Å². The summed E-state index contributed by atoms with van der Waals surface area (Å²) in [6, 6.07) is 4.64. The molecular formula is C19H30O3. The Morgan fingerprint density at radius 3 is 2.00 bits per heavy atom. The van der Waals surface area contributed by atoms with Gasteiger partial charge in [-0.05, 0) is 30.5 Å². The SMILES string of the molecule is CCCCCCCCCCCCc1ccc(O)cc1C(=O)O. The summed E-state index contributed by atoms with van der Waals surface area (Å²) < 4.78 is 0. The number of rotatable bonds is 12. The second-order valence-electron chi connectivity index (χ2n) is 6.08. The van der Waals surface area contributed by atoms with Crippen LogP contribution in [0.2, 0.25) is 0 Å². The van der Waals surface area contributed by atoms with Crippen LogP contribution in [0.5, 0.6) is 5.75 Å². The molecule has 3 heteroatoms. The Morgan fingerprint density at radius 2 is 1.45 bits per heavy atom. The molecule has 1 rings (SSSR count). The lowest BCUT2D eigenvalue weighted by Crippen LogP contribution is -2.02. The minimum absolute atomic E-state index is 0.0178. The Balaban J connectivity index is 2.14. The van der Waals surface area contributed by atoms with Crippen LogP contribution in [0.3, 0.4) is 0 Å². The van der Waals surface area contributed by atoms with Gasteiger partial charge < -0.3 is 10.2 Å². The van der Waals surface area contributed by atoms with E-state index in [2.05, 4.69) is 6.92 Å². The minimum atomic E-state index is -0.960. The molecule has 0 heterocycles. The van der Waals surface area contributed by atoms with E-state index in [4.69, 9.17) is 5.11 Å². The predicted molar refractivity (Wildman–Crippen MR) is 90.6 cm³/mol. The van der Waals surface area contributed by atoms with Gasteiger partial charge in [-0.2, -0.15) is 0 Å². The summed E-state index contributed by atoms with van der Waals surface area (Å²) in [6.07, 6.45) is 13.5. The van der Waals surface area contributed by atoms with Crippen molar-refractivity contribution in [3.63, 3.8) is 0 Å². The zero-order valence-corrected chi connectivity index (χ0v) is 13.8. The molecule has 0 aliphatic rings. The summed E-state index contributed by atoms with van der Waals surface area (Å²) in [5.41, 5.74) is 1.06. The molecule has 124 valence electrons. The molecule has 0 saturated heterocycles. The lowest BCUT2D eigenvalue weighted by atomic mass is 10.00. The molecule has 0 fully saturated rings. The summed E-state index contributed by atoms with van der Waals surface area (Å²) in [5, 5.41) is 18.5. The lowest BCUT2D eigenvalue weighted by molar-refractivity contribution is 0.0695. The molecule has 0 bridgehead atoms. The highest BCUT2D eigenvalue weighted by molar-refractivity contribution is 5.89. The minimum Gasteiger partial charge on any atom is -0.508 e. The number of hydrogen-bond acceptors (Lipinski definition) is 2. The van der Waals surface area contributed by atoms with Gasteiger partial charge in [-0.15, -0.1) is 0 Å².